The van der Waals surface area contributed by atoms with E-state index >= 15 is 0 Å². The van der Waals surface area contributed by atoms with Crippen molar-refractivity contribution in [2.75, 3.05) is 0 Å². The number of pyridine rings is 1. The van der Waals surface area contributed by atoms with Gasteiger partial charge in [0.05, 0.1) is 23.1 Å². The molecule has 294 valence electrons. The van der Waals surface area contributed by atoms with E-state index in [0.29, 0.717) is 0 Å². The third-order valence-corrected chi connectivity index (χ3v) is 12.6. The number of ether oxygens (including phenoxy) is 1. The second kappa shape index (κ2) is 13.1. The third kappa shape index (κ3) is 5.66. The summed E-state index contributed by atoms with van der Waals surface area (Å²) < 4.78 is 19.7. The van der Waals surface area contributed by atoms with E-state index in [1.165, 1.54) is 11.1 Å². The van der Waals surface area contributed by atoms with E-state index in [-0.39, 0.29) is 16.9 Å². The second-order valence-electron chi connectivity index (χ2n) is 18.5. The average Bonchev–Trinajstić information content (AvgIpc) is 3.82. The highest BCUT2D eigenvalue weighted by atomic mass is 16.5. The lowest BCUT2D eigenvalue weighted by Gasteiger charge is -2.42. The lowest BCUT2D eigenvalue weighted by Crippen LogP contribution is -2.42. The number of para-hydroxylation sites is 2. The monoisotopic (exact) mass is 782 g/mol. The van der Waals surface area contributed by atoms with E-state index in [2.05, 4.69) is 169 Å². The van der Waals surface area contributed by atoms with Crippen LogP contribution < -0.4 is 4.74 Å². The quantitative estimate of drug-likeness (QED) is 0.178. The van der Waals surface area contributed by atoms with Crippen molar-refractivity contribution in [3.63, 3.8) is 0 Å². The smallest absolute Gasteiger partial charge is 0.136 e. The Hall–Kier alpha value is -6.72. The number of aliphatic imine (C=N–C) groups is 1. The molecule has 1 unspecified atom stereocenters. The Balaban J connectivity index is 1.18. The van der Waals surface area contributed by atoms with Crippen LogP contribution in [0, 0.1) is 0 Å². The average molecular weight is 783 g/mol. The normalized spacial score (nSPS) is 16.2. The Morgan fingerprint density at radius 1 is 0.550 bits per heavy atom. The van der Waals surface area contributed by atoms with E-state index in [4.69, 9.17) is 23.5 Å². The Morgan fingerprint density at radius 3 is 1.77 bits per heavy atom. The van der Waals surface area contributed by atoms with Crippen LogP contribution in [-0.2, 0) is 16.2 Å². The molecule has 5 nitrogen and oxygen atoms in total. The number of aromatic nitrogens is 1. The number of hydrogen-bond acceptors (Lipinski definition) is 5. The number of allylic oxidation sites excluding steroid dienone is 1. The van der Waals surface area contributed by atoms with E-state index in [1.807, 2.05) is 24.3 Å². The molecule has 0 bridgehead atoms. The van der Waals surface area contributed by atoms with Crippen LogP contribution in [0.1, 0.15) is 87.5 Å². The largest absolute Gasteiger partial charge is 0.457 e. The number of benzene rings is 6. The topological polar surface area (TPSA) is 60.8 Å². The first-order valence-electron chi connectivity index (χ1n) is 21.0. The maximum atomic E-state index is 6.93. The van der Waals surface area contributed by atoms with Gasteiger partial charge >= 0.3 is 0 Å². The highest BCUT2D eigenvalue weighted by molar-refractivity contribution is 6.11. The minimum absolute atomic E-state index is 0.125. The van der Waals surface area contributed by atoms with Gasteiger partial charge in [-0.25, -0.2) is 0 Å². The summed E-state index contributed by atoms with van der Waals surface area (Å²) in [5.74, 6) is 1.61. The molecule has 0 spiro atoms. The van der Waals surface area contributed by atoms with Crippen molar-refractivity contribution in [3.8, 4) is 22.8 Å². The Kier molecular flexibility index (Phi) is 7.97. The van der Waals surface area contributed by atoms with Gasteiger partial charge in [-0.1, -0.05) is 120 Å². The minimum Gasteiger partial charge on any atom is -0.457 e. The molecule has 5 heteroatoms. The standard InChI is InChI=1S/C55H46N2O3/c1-53(2,3)35-23-27-47-41(31-35)55(42-32-36(54(4,5)6)24-28-48(42)60-47,51-19-11-15-43(56-51)33-21-25-39-37-13-7-9-17-45(37)58-49(39)29-33)52-20-12-16-44(57-52)34-22-26-40-38-14-8-10-18-46(38)59-50(40)30-34/h7-15,17-32,44H,16H2,1-6H3. The van der Waals surface area contributed by atoms with Gasteiger partial charge in [0.15, 0.2) is 0 Å². The highest BCUT2D eigenvalue weighted by Crippen LogP contribution is 2.55. The van der Waals surface area contributed by atoms with Crippen LogP contribution in [-0.4, -0.2) is 10.7 Å². The molecule has 11 rings (SSSR count). The number of dihydropyridines is 1. The first-order chi connectivity index (χ1) is 28.9. The van der Waals surface area contributed by atoms with Gasteiger partial charge in [0, 0.05) is 38.2 Å². The number of fused-ring (bicyclic) bond motifs is 8. The summed E-state index contributed by atoms with van der Waals surface area (Å²) >= 11 is 0. The van der Waals surface area contributed by atoms with E-state index < -0.39 is 5.41 Å². The summed E-state index contributed by atoms with van der Waals surface area (Å²) in [5, 5.41) is 4.43. The zero-order valence-corrected chi connectivity index (χ0v) is 34.8. The van der Waals surface area contributed by atoms with E-state index in [0.717, 1.165) is 101 Å². The van der Waals surface area contributed by atoms with Crippen LogP contribution in [0.4, 0.5) is 0 Å². The predicted octanol–water partition coefficient (Wildman–Crippen LogP) is 14.7. The van der Waals surface area contributed by atoms with Gasteiger partial charge in [-0.3, -0.25) is 9.98 Å². The van der Waals surface area contributed by atoms with Crippen molar-refractivity contribution in [2.24, 2.45) is 4.99 Å². The van der Waals surface area contributed by atoms with Crippen LogP contribution in [0.3, 0.4) is 0 Å². The van der Waals surface area contributed by atoms with Gasteiger partial charge in [0.2, 0.25) is 0 Å². The first-order valence-corrected chi connectivity index (χ1v) is 21.0. The van der Waals surface area contributed by atoms with Gasteiger partial charge in [-0.2, -0.15) is 0 Å². The summed E-state index contributed by atoms with van der Waals surface area (Å²) in [6.07, 6.45) is 5.28. The Labute approximate surface area is 350 Å². The fraction of sp³-hybridized carbons (Fsp3) is 0.200. The number of nitrogens with zero attached hydrogens (tertiary/aromatic N) is 2. The van der Waals surface area contributed by atoms with Crippen molar-refractivity contribution >= 4 is 49.6 Å². The molecule has 0 radical (unpaired) electrons. The van der Waals surface area contributed by atoms with E-state index in [9.17, 15) is 0 Å². The third-order valence-electron chi connectivity index (χ3n) is 12.6. The Bertz CT molecular complexity index is 3190. The Morgan fingerprint density at radius 2 is 1.13 bits per heavy atom. The number of rotatable bonds is 4. The molecular weight excluding hydrogens is 737 g/mol. The molecule has 9 aromatic rings. The predicted molar refractivity (Wildman–Crippen MR) is 245 cm³/mol. The van der Waals surface area contributed by atoms with E-state index in [1.54, 1.807) is 0 Å². The minimum atomic E-state index is -0.941. The molecule has 60 heavy (non-hydrogen) atoms. The molecule has 0 aliphatic carbocycles. The maximum Gasteiger partial charge on any atom is 0.136 e. The first kappa shape index (κ1) is 36.4. The van der Waals surface area contributed by atoms with Gasteiger partial charge in [0.25, 0.3) is 0 Å². The summed E-state index contributed by atoms with van der Waals surface area (Å²) in [4.78, 5) is 11.5. The van der Waals surface area contributed by atoms with Crippen LogP contribution >= 0.6 is 0 Å². The zero-order valence-electron chi connectivity index (χ0n) is 34.8. The van der Waals surface area contributed by atoms with Crippen LogP contribution in [0.2, 0.25) is 0 Å². The van der Waals surface area contributed by atoms with Crippen molar-refractivity contribution < 1.29 is 13.6 Å². The molecule has 0 amide bonds. The van der Waals surface area contributed by atoms with Crippen molar-refractivity contribution in [3.05, 3.63) is 185 Å². The lowest BCUT2D eigenvalue weighted by molar-refractivity contribution is 0.437. The molecular formula is C55H46N2O3. The van der Waals surface area contributed by atoms with Crippen LogP contribution in [0.5, 0.6) is 11.5 Å². The molecule has 0 saturated heterocycles. The fourth-order valence-electron chi connectivity index (χ4n) is 9.35. The van der Waals surface area contributed by atoms with Crippen molar-refractivity contribution in [1.29, 1.82) is 0 Å². The molecule has 5 heterocycles. The van der Waals surface area contributed by atoms with Crippen molar-refractivity contribution in [2.45, 2.75) is 70.3 Å². The lowest BCUT2D eigenvalue weighted by atomic mass is 9.64. The molecule has 6 aromatic carbocycles. The SMILES string of the molecule is CC(C)(C)c1ccc2c(c1)C(C1=NC(c3ccc4c(c3)oc3ccccc34)CC=C1)(c1cccc(-c3ccc4c(c3)oc3ccccc34)n1)c1cc(C(C)(C)C)ccc1O2. The molecule has 2 aliphatic rings. The summed E-state index contributed by atoms with van der Waals surface area (Å²) in [5.41, 5.74) is 11.5. The summed E-state index contributed by atoms with van der Waals surface area (Å²) in [6.45, 7) is 13.6. The summed E-state index contributed by atoms with van der Waals surface area (Å²) in [7, 11) is 0. The number of hydrogen-bond donors (Lipinski definition) is 0. The molecule has 0 fully saturated rings. The van der Waals surface area contributed by atoms with Gasteiger partial charge < -0.3 is 13.6 Å². The molecule has 0 N–H and O–H groups in total. The second-order valence-corrected chi connectivity index (χ2v) is 18.5. The fourth-order valence-corrected chi connectivity index (χ4v) is 9.35. The van der Waals surface area contributed by atoms with Crippen molar-refractivity contribution in [1.82, 2.24) is 4.98 Å². The molecule has 3 aromatic heterocycles. The van der Waals surface area contributed by atoms with Crippen LogP contribution in [0.25, 0.3) is 55.1 Å². The zero-order chi connectivity index (χ0) is 41.0. The number of furan rings is 2. The highest BCUT2D eigenvalue weighted by Gasteiger charge is 2.50. The molecule has 1 atom stereocenters. The summed E-state index contributed by atoms with van der Waals surface area (Å²) in [6, 6.07) is 49.1. The molecule has 0 saturated carbocycles. The van der Waals surface area contributed by atoms with Crippen LogP contribution in [0.15, 0.2) is 166 Å². The molecule has 2 aliphatic heterocycles. The van der Waals surface area contributed by atoms with Gasteiger partial charge in [-0.05, 0) is 107 Å². The van der Waals surface area contributed by atoms with Gasteiger partial charge in [-0.15, -0.1) is 0 Å². The van der Waals surface area contributed by atoms with Gasteiger partial charge in [0.1, 0.15) is 39.2 Å². The maximum absolute atomic E-state index is 6.93.